The van der Waals surface area contributed by atoms with Gasteiger partial charge in [0, 0.05) is 23.1 Å². The lowest BCUT2D eigenvalue weighted by atomic mass is 10.2. The van der Waals surface area contributed by atoms with Crippen LogP contribution in [0.25, 0.3) is 0 Å². The standard InChI is InChI=1S/C13H17BrN2/c1-10-9-11(14)6-7-12(10)16-13-5-3-2-4-8-15-13/h6-7,9H,2-5,8H2,1H3,(H,15,16). The Morgan fingerprint density at radius 2 is 2.12 bits per heavy atom. The molecule has 1 N–H and O–H groups in total. The van der Waals surface area contributed by atoms with E-state index < -0.39 is 0 Å². The minimum absolute atomic E-state index is 0.970. The zero-order valence-electron chi connectivity index (χ0n) is 9.59. The molecule has 0 saturated carbocycles. The molecule has 1 heterocycles. The molecule has 0 unspecified atom stereocenters. The highest BCUT2D eigenvalue weighted by Gasteiger charge is 2.06. The maximum atomic E-state index is 4.58. The zero-order chi connectivity index (χ0) is 11.4. The number of halogens is 1. The van der Waals surface area contributed by atoms with Crippen molar-refractivity contribution in [2.24, 2.45) is 4.99 Å². The number of rotatable bonds is 1. The van der Waals surface area contributed by atoms with Gasteiger partial charge in [-0.15, -0.1) is 0 Å². The number of amidine groups is 1. The lowest BCUT2D eigenvalue weighted by Crippen LogP contribution is -2.12. The average molecular weight is 281 g/mol. The lowest BCUT2D eigenvalue weighted by Gasteiger charge is -2.11. The molecule has 0 bridgehead atoms. The highest BCUT2D eigenvalue weighted by molar-refractivity contribution is 9.10. The van der Waals surface area contributed by atoms with Gasteiger partial charge < -0.3 is 5.32 Å². The second-order valence-electron chi connectivity index (χ2n) is 4.22. The number of anilines is 1. The highest BCUT2D eigenvalue weighted by Crippen LogP contribution is 2.21. The summed E-state index contributed by atoms with van der Waals surface area (Å²) in [6.07, 6.45) is 4.86. The number of nitrogens with one attached hydrogen (secondary N) is 1. The van der Waals surface area contributed by atoms with E-state index in [-0.39, 0.29) is 0 Å². The summed E-state index contributed by atoms with van der Waals surface area (Å²) in [4.78, 5) is 4.58. The van der Waals surface area contributed by atoms with E-state index in [2.05, 4.69) is 51.4 Å². The molecule has 1 aliphatic heterocycles. The Labute approximate surface area is 105 Å². The third-order valence-corrected chi connectivity index (χ3v) is 3.34. The molecule has 0 atom stereocenters. The Bertz CT molecular complexity index is 399. The van der Waals surface area contributed by atoms with Gasteiger partial charge in [0.15, 0.2) is 0 Å². The van der Waals surface area contributed by atoms with Crippen molar-refractivity contribution < 1.29 is 0 Å². The minimum atomic E-state index is 0.970. The van der Waals surface area contributed by atoms with Crippen LogP contribution in [0.1, 0.15) is 31.2 Å². The average Bonchev–Trinajstić information content (AvgIpc) is 2.51. The van der Waals surface area contributed by atoms with Crippen LogP contribution in [0, 0.1) is 6.92 Å². The summed E-state index contributed by atoms with van der Waals surface area (Å²) in [6, 6.07) is 6.29. The molecule has 1 aliphatic rings. The van der Waals surface area contributed by atoms with Crippen molar-refractivity contribution in [3.63, 3.8) is 0 Å². The van der Waals surface area contributed by atoms with Crippen molar-refractivity contribution in [3.05, 3.63) is 28.2 Å². The van der Waals surface area contributed by atoms with Crippen LogP contribution in [0.4, 0.5) is 5.69 Å². The Balaban J connectivity index is 2.10. The molecule has 2 rings (SSSR count). The molecule has 0 saturated heterocycles. The lowest BCUT2D eigenvalue weighted by molar-refractivity contribution is 0.731. The fourth-order valence-electron chi connectivity index (χ4n) is 1.90. The summed E-state index contributed by atoms with van der Waals surface area (Å²) < 4.78 is 1.12. The number of hydrogen-bond acceptors (Lipinski definition) is 2. The van der Waals surface area contributed by atoms with Gasteiger partial charge in [0.2, 0.25) is 0 Å². The zero-order valence-corrected chi connectivity index (χ0v) is 11.2. The van der Waals surface area contributed by atoms with Crippen LogP contribution in [0.15, 0.2) is 27.7 Å². The Hall–Kier alpha value is -0.830. The normalized spacial score (nSPS) is 16.5. The monoisotopic (exact) mass is 280 g/mol. The first-order valence-electron chi connectivity index (χ1n) is 5.82. The first-order valence-corrected chi connectivity index (χ1v) is 6.61. The number of benzene rings is 1. The summed E-state index contributed by atoms with van der Waals surface area (Å²) >= 11 is 3.48. The Morgan fingerprint density at radius 1 is 1.25 bits per heavy atom. The first-order chi connectivity index (χ1) is 7.75. The van der Waals surface area contributed by atoms with Gasteiger partial charge in [0.05, 0.1) is 0 Å². The molecular formula is C13H17BrN2. The van der Waals surface area contributed by atoms with E-state index in [0.29, 0.717) is 0 Å². The third-order valence-electron chi connectivity index (χ3n) is 2.84. The highest BCUT2D eigenvalue weighted by atomic mass is 79.9. The van der Waals surface area contributed by atoms with Crippen molar-refractivity contribution in [2.45, 2.75) is 32.6 Å². The fourth-order valence-corrected chi connectivity index (χ4v) is 2.37. The van der Waals surface area contributed by atoms with Crippen LogP contribution in [0.2, 0.25) is 0 Å². The van der Waals surface area contributed by atoms with Gasteiger partial charge in [-0.1, -0.05) is 22.4 Å². The molecular weight excluding hydrogens is 264 g/mol. The SMILES string of the molecule is Cc1cc(Br)ccc1NC1=NCCCCC1. The summed E-state index contributed by atoms with van der Waals surface area (Å²) in [5, 5.41) is 3.45. The van der Waals surface area contributed by atoms with Crippen LogP contribution in [-0.2, 0) is 0 Å². The molecule has 0 amide bonds. The van der Waals surface area contributed by atoms with Gasteiger partial charge in [-0.3, -0.25) is 4.99 Å². The summed E-state index contributed by atoms with van der Waals surface area (Å²) in [7, 11) is 0. The van der Waals surface area contributed by atoms with Gasteiger partial charge in [0.1, 0.15) is 5.84 Å². The number of nitrogens with zero attached hydrogens (tertiary/aromatic N) is 1. The Kier molecular flexibility index (Phi) is 3.99. The van der Waals surface area contributed by atoms with Crippen LogP contribution < -0.4 is 5.32 Å². The van der Waals surface area contributed by atoms with Crippen LogP contribution in [0.3, 0.4) is 0 Å². The first kappa shape index (κ1) is 11.6. The predicted molar refractivity (Wildman–Crippen MR) is 73.3 cm³/mol. The molecule has 0 aromatic heterocycles. The van der Waals surface area contributed by atoms with Crippen LogP contribution in [-0.4, -0.2) is 12.4 Å². The molecule has 86 valence electrons. The van der Waals surface area contributed by atoms with Gasteiger partial charge in [-0.2, -0.15) is 0 Å². The minimum Gasteiger partial charge on any atom is -0.344 e. The van der Waals surface area contributed by atoms with Crippen molar-refractivity contribution >= 4 is 27.5 Å². The molecule has 0 radical (unpaired) electrons. The quantitative estimate of drug-likeness (QED) is 0.822. The van der Waals surface area contributed by atoms with E-state index in [9.17, 15) is 0 Å². The molecule has 1 aromatic rings. The predicted octanol–water partition coefficient (Wildman–Crippen LogP) is 4.14. The molecule has 3 heteroatoms. The van der Waals surface area contributed by atoms with Gasteiger partial charge in [-0.25, -0.2) is 0 Å². The second kappa shape index (κ2) is 5.48. The summed E-state index contributed by atoms with van der Waals surface area (Å²) in [6.45, 7) is 3.09. The second-order valence-corrected chi connectivity index (χ2v) is 5.14. The third kappa shape index (κ3) is 3.08. The maximum Gasteiger partial charge on any atom is 0.101 e. The summed E-state index contributed by atoms with van der Waals surface area (Å²) in [5.74, 6) is 1.14. The van der Waals surface area contributed by atoms with Gasteiger partial charge in [0.25, 0.3) is 0 Å². The van der Waals surface area contributed by atoms with E-state index in [4.69, 9.17) is 0 Å². The fraction of sp³-hybridized carbons (Fsp3) is 0.462. The maximum absolute atomic E-state index is 4.58. The van der Waals surface area contributed by atoms with Crippen molar-refractivity contribution in [2.75, 3.05) is 11.9 Å². The van der Waals surface area contributed by atoms with Gasteiger partial charge in [-0.05, 0) is 43.5 Å². The van der Waals surface area contributed by atoms with Crippen molar-refractivity contribution in [3.8, 4) is 0 Å². The van der Waals surface area contributed by atoms with Crippen molar-refractivity contribution in [1.29, 1.82) is 0 Å². The molecule has 0 aliphatic carbocycles. The van der Waals surface area contributed by atoms with E-state index >= 15 is 0 Å². The number of aliphatic imine (C=N–C) groups is 1. The topological polar surface area (TPSA) is 24.4 Å². The number of hydrogen-bond donors (Lipinski definition) is 1. The molecule has 0 spiro atoms. The molecule has 16 heavy (non-hydrogen) atoms. The van der Waals surface area contributed by atoms with Crippen LogP contribution in [0.5, 0.6) is 0 Å². The van der Waals surface area contributed by atoms with Crippen LogP contribution >= 0.6 is 15.9 Å². The van der Waals surface area contributed by atoms with E-state index in [0.717, 1.165) is 23.3 Å². The molecule has 1 aromatic carbocycles. The number of aryl methyl sites for hydroxylation is 1. The van der Waals surface area contributed by atoms with E-state index in [1.165, 1.54) is 30.5 Å². The van der Waals surface area contributed by atoms with Gasteiger partial charge >= 0.3 is 0 Å². The van der Waals surface area contributed by atoms with E-state index in [1.54, 1.807) is 0 Å². The summed E-state index contributed by atoms with van der Waals surface area (Å²) in [5.41, 5.74) is 2.42. The molecule has 0 fully saturated rings. The smallest absolute Gasteiger partial charge is 0.101 e. The molecule has 2 nitrogen and oxygen atoms in total. The van der Waals surface area contributed by atoms with E-state index in [1.807, 2.05) is 0 Å². The van der Waals surface area contributed by atoms with Crippen molar-refractivity contribution in [1.82, 2.24) is 0 Å². The Morgan fingerprint density at radius 3 is 2.94 bits per heavy atom. The largest absolute Gasteiger partial charge is 0.344 e.